The lowest BCUT2D eigenvalue weighted by molar-refractivity contribution is 0.346. The lowest BCUT2D eigenvalue weighted by atomic mass is 9.76. The molecule has 0 saturated heterocycles. The molecule has 2 rings (SSSR count). The minimum Gasteiger partial charge on any atom is -0.308 e. The van der Waals surface area contributed by atoms with E-state index in [9.17, 15) is 0 Å². The Balaban J connectivity index is 2.39. The summed E-state index contributed by atoms with van der Waals surface area (Å²) in [5.41, 5.74) is 2.23. The molecule has 3 heteroatoms. The summed E-state index contributed by atoms with van der Waals surface area (Å²) >= 11 is 0. The Bertz CT molecular complexity index is 494. The van der Waals surface area contributed by atoms with Crippen LogP contribution in [0, 0.1) is 0 Å². The molecular weight excluding hydrogens is 234 g/mol. The van der Waals surface area contributed by atoms with E-state index in [4.69, 9.17) is 0 Å². The van der Waals surface area contributed by atoms with Crippen molar-refractivity contribution in [1.29, 1.82) is 0 Å². The molecule has 19 heavy (non-hydrogen) atoms. The first kappa shape index (κ1) is 13.7. The first-order valence-corrected chi connectivity index (χ1v) is 6.71. The summed E-state index contributed by atoms with van der Waals surface area (Å²) in [4.78, 5) is 8.66. The van der Waals surface area contributed by atoms with Crippen LogP contribution < -0.4 is 5.32 Å². The lowest BCUT2D eigenvalue weighted by Gasteiger charge is -2.35. The molecule has 0 fully saturated rings. The van der Waals surface area contributed by atoms with Gasteiger partial charge in [-0.2, -0.15) is 0 Å². The Morgan fingerprint density at radius 2 is 1.89 bits per heavy atom. The van der Waals surface area contributed by atoms with Crippen LogP contribution in [0.1, 0.15) is 38.1 Å². The van der Waals surface area contributed by atoms with Crippen molar-refractivity contribution >= 4 is 0 Å². The third kappa shape index (κ3) is 2.99. The van der Waals surface area contributed by atoms with E-state index in [0.717, 1.165) is 12.2 Å². The molecule has 1 aromatic carbocycles. The standard InChI is InChI=1S/C16H21N3/c1-4-18-15(14-12-17-10-11-19-14)16(2,3)13-8-6-5-7-9-13/h5-12,15,18H,4H2,1-3H3. The number of nitrogens with one attached hydrogen (secondary N) is 1. The van der Waals surface area contributed by atoms with Gasteiger partial charge in [0.1, 0.15) is 0 Å². The van der Waals surface area contributed by atoms with Gasteiger partial charge in [0.25, 0.3) is 0 Å². The smallest absolute Gasteiger partial charge is 0.0764 e. The predicted molar refractivity (Wildman–Crippen MR) is 77.9 cm³/mol. The number of hydrogen-bond donors (Lipinski definition) is 1. The molecule has 1 N–H and O–H groups in total. The highest BCUT2D eigenvalue weighted by Gasteiger charge is 2.32. The molecule has 0 aliphatic rings. The molecular formula is C16H21N3. The van der Waals surface area contributed by atoms with Crippen molar-refractivity contribution in [1.82, 2.24) is 15.3 Å². The normalized spacial score (nSPS) is 13.2. The van der Waals surface area contributed by atoms with Crippen LogP contribution in [0.4, 0.5) is 0 Å². The third-order valence-electron chi connectivity index (χ3n) is 3.53. The molecule has 1 aromatic heterocycles. The first-order chi connectivity index (χ1) is 9.16. The van der Waals surface area contributed by atoms with Crippen molar-refractivity contribution in [3.8, 4) is 0 Å². The minimum atomic E-state index is -0.0483. The molecule has 0 aliphatic carbocycles. The third-order valence-corrected chi connectivity index (χ3v) is 3.53. The van der Waals surface area contributed by atoms with Crippen molar-refractivity contribution in [3.05, 3.63) is 60.2 Å². The fraction of sp³-hybridized carbons (Fsp3) is 0.375. The van der Waals surface area contributed by atoms with Gasteiger partial charge in [-0.25, -0.2) is 0 Å². The Kier molecular flexibility index (Phi) is 4.27. The van der Waals surface area contributed by atoms with E-state index in [0.29, 0.717) is 0 Å². The summed E-state index contributed by atoms with van der Waals surface area (Å²) in [7, 11) is 0. The van der Waals surface area contributed by atoms with Gasteiger partial charge in [0.05, 0.1) is 11.7 Å². The van der Waals surface area contributed by atoms with Gasteiger partial charge in [-0.15, -0.1) is 0 Å². The summed E-state index contributed by atoms with van der Waals surface area (Å²) < 4.78 is 0. The molecule has 0 saturated carbocycles. The Hall–Kier alpha value is -1.74. The first-order valence-electron chi connectivity index (χ1n) is 6.71. The average molecular weight is 255 g/mol. The van der Waals surface area contributed by atoms with E-state index in [-0.39, 0.29) is 11.5 Å². The summed E-state index contributed by atoms with van der Waals surface area (Å²) in [5.74, 6) is 0. The van der Waals surface area contributed by atoms with E-state index in [1.807, 2.05) is 12.3 Å². The van der Waals surface area contributed by atoms with Crippen LogP contribution in [0.25, 0.3) is 0 Å². The predicted octanol–water partition coefficient (Wildman–Crippen LogP) is 3.11. The van der Waals surface area contributed by atoms with Crippen LogP contribution in [0.3, 0.4) is 0 Å². The van der Waals surface area contributed by atoms with Crippen molar-refractivity contribution in [2.45, 2.75) is 32.2 Å². The summed E-state index contributed by atoms with van der Waals surface area (Å²) in [5, 5.41) is 3.54. The molecule has 1 heterocycles. The van der Waals surface area contributed by atoms with Gasteiger partial charge in [0, 0.05) is 24.0 Å². The van der Waals surface area contributed by atoms with Crippen LogP contribution in [0.5, 0.6) is 0 Å². The second-order valence-corrected chi connectivity index (χ2v) is 5.21. The van der Waals surface area contributed by atoms with Crippen molar-refractivity contribution in [3.63, 3.8) is 0 Å². The minimum absolute atomic E-state index is 0.0483. The Morgan fingerprint density at radius 3 is 2.47 bits per heavy atom. The highest BCUT2D eigenvalue weighted by atomic mass is 15.0. The highest BCUT2D eigenvalue weighted by Crippen LogP contribution is 2.35. The maximum absolute atomic E-state index is 4.46. The molecule has 0 radical (unpaired) electrons. The van der Waals surface area contributed by atoms with Crippen molar-refractivity contribution in [2.75, 3.05) is 6.54 Å². The van der Waals surface area contributed by atoms with Gasteiger partial charge in [-0.1, -0.05) is 51.1 Å². The largest absolute Gasteiger partial charge is 0.308 e. The number of hydrogen-bond acceptors (Lipinski definition) is 3. The topological polar surface area (TPSA) is 37.8 Å². The van der Waals surface area contributed by atoms with Crippen molar-refractivity contribution < 1.29 is 0 Å². The highest BCUT2D eigenvalue weighted by molar-refractivity contribution is 5.28. The van der Waals surface area contributed by atoms with Gasteiger partial charge < -0.3 is 5.32 Å². The molecule has 100 valence electrons. The fourth-order valence-corrected chi connectivity index (χ4v) is 2.43. The zero-order chi connectivity index (χ0) is 13.7. The number of rotatable bonds is 5. The van der Waals surface area contributed by atoms with E-state index in [2.05, 4.69) is 60.3 Å². The molecule has 3 nitrogen and oxygen atoms in total. The zero-order valence-corrected chi connectivity index (χ0v) is 11.8. The number of nitrogens with zero attached hydrogens (tertiary/aromatic N) is 2. The zero-order valence-electron chi connectivity index (χ0n) is 11.8. The molecule has 2 aromatic rings. The fourth-order valence-electron chi connectivity index (χ4n) is 2.43. The summed E-state index contributed by atoms with van der Waals surface area (Å²) in [6.45, 7) is 7.50. The summed E-state index contributed by atoms with van der Waals surface area (Å²) in [6, 6.07) is 10.7. The lowest BCUT2D eigenvalue weighted by Crippen LogP contribution is -2.38. The molecule has 1 unspecified atom stereocenters. The Morgan fingerprint density at radius 1 is 1.16 bits per heavy atom. The SMILES string of the molecule is CCNC(c1cnccn1)C(C)(C)c1ccccc1. The second kappa shape index (κ2) is 5.93. The van der Waals surface area contributed by atoms with Crippen LogP contribution in [-0.4, -0.2) is 16.5 Å². The molecule has 0 bridgehead atoms. The van der Waals surface area contributed by atoms with E-state index >= 15 is 0 Å². The van der Waals surface area contributed by atoms with E-state index in [1.54, 1.807) is 12.4 Å². The number of aromatic nitrogens is 2. The maximum Gasteiger partial charge on any atom is 0.0764 e. The van der Waals surface area contributed by atoms with Crippen molar-refractivity contribution in [2.24, 2.45) is 0 Å². The van der Waals surface area contributed by atoms with E-state index < -0.39 is 0 Å². The van der Waals surface area contributed by atoms with Crippen LogP contribution in [0.2, 0.25) is 0 Å². The van der Waals surface area contributed by atoms with Crippen LogP contribution in [-0.2, 0) is 5.41 Å². The number of likely N-dealkylation sites (N-methyl/N-ethyl adjacent to an activating group) is 1. The molecule has 0 amide bonds. The molecule has 1 atom stereocenters. The quantitative estimate of drug-likeness (QED) is 0.892. The molecule has 0 spiro atoms. The van der Waals surface area contributed by atoms with Crippen LogP contribution in [0.15, 0.2) is 48.9 Å². The van der Waals surface area contributed by atoms with Gasteiger partial charge >= 0.3 is 0 Å². The van der Waals surface area contributed by atoms with E-state index in [1.165, 1.54) is 5.56 Å². The van der Waals surface area contributed by atoms with Gasteiger partial charge in [0.15, 0.2) is 0 Å². The van der Waals surface area contributed by atoms with Gasteiger partial charge in [-0.3, -0.25) is 9.97 Å². The monoisotopic (exact) mass is 255 g/mol. The van der Waals surface area contributed by atoms with Crippen LogP contribution >= 0.6 is 0 Å². The maximum atomic E-state index is 4.46. The second-order valence-electron chi connectivity index (χ2n) is 5.21. The number of benzene rings is 1. The van der Waals surface area contributed by atoms with Gasteiger partial charge in [0.2, 0.25) is 0 Å². The molecule has 0 aliphatic heterocycles. The van der Waals surface area contributed by atoms with Gasteiger partial charge in [-0.05, 0) is 12.1 Å². The Labute approximate surface area is 115 Å². The average Bonchev–Trinajstić information content (AvgIpc) is 2.46. The summed E-state index contributed by atoms with van der Waals surface area (Å²) in [6.07, 6.45) is 5.31.